The van der Waals surface area contributed by atoms with Crippen LogP contribution in [0, 0.1) is 11.8 Å². The number of carbonyl (C=O) groups is 11. The third-order valence-electron chi connectivity index (χ3n) is 14.7. The first-order valence-corrected chi connectivity index (χ1v) is 35.9. The van der Waals surface area contributed by atoms with Gasteiger partial charge in [-0.15, -0.1) is 0 Å². The van der Waals surface area contributed by atoms with Gasteiger partial charge in [-0.2, -0.15) is 0 Å². The first-order chi connectivity index (χ1) is 47.3. The molecule has 2 N–H and O–H groups in total. The van der Waals surface area contributed by atoms with E-state index in [1.807, 2.05) is 0 Å². The lowest BCUT2D eigenvalue weighted by Crippen LogP contribution is -2.45. The van der Waals surface area contributed by atoms with Gasteiger partial charge in [0, 0.05) is 102 Å². The minimum absolute atomic E-state index is 0.0529. The molecule has 0 radical (unpaired) electrons. The Bertz CT molecular complexity index is 2680. The van der Waals surface area contributed by atoms with Crippen LogP contribution in [0.5, 0.6) is 0 Å². The van der Waals surface area contributed by atoms with E-state index in [4.69, 9.17) is 73.9 Å². The number of esters is 10. The number of ether oxygens (including phenoxy) is 11. The van der Waals surface area contributed by atoms with Crippen LogP contribution < -0.4 is 5.32 Å². The Kier molecular flexibility index (Phi) is 47.8. The molecule has 0 heterocycles. The largest absolute Gasteiger partial charge is 0.500 e. The number of aliphatic hydroxyl groups is 1. The van der Waals surface area contributed by atoms with Crippen LogP contribution in [0.25, 0.3) is 0 Å². The number of carbonyl (C=O) groups excluding carboxylic acids is 12. The number of amides is 1. The van der Waals surface area contributed by atoms with Gasteiger partial charge in [0.2, 0.25) is 6.08 Å². The molecular weight excluding hydrogens is 1360 g/mol. The SMILES string of the molecule is C=C(C)C(=O)OCC(COC(=O)C(=C)C)OC(=O)CCC(=O)OC1CC(CC[Si](OC)(OC)OC)CCC1O.C=CC(=O)OCCCN=C=O.C=CC(=O)OCCCNC(=O)OC1CCC(CC[Si](OC)(OC)OC)CC1OC(=O)CCC(=O)OC(COC(=O)C(=C)C)COC(=O)C(=C)C. The summed E-state index contributed by atoms with van der Waals surface area (Å²) < 4.78 is 89.9. The van der Waals surface area contributed by atoms with Crippen molar-refractivity contribution in [2.24, 2.45) is 16.8 Å². The maximum Gasteiger partial charge on any atom is 0.500 e. The summed E-state index contributed by atoms with van der Waals surface area (Å²) >= 11 is 0. The van der Waals surface area contributed by atoms with Gasteiger partial charge < -0.3 is 89.1 Å². The van der Waals surface area contributed by atoms with Crippen molar-refractivity contribution in [3.8, 4) is 0 Å². The van der Waals surface area contributed by atoms with Crippen molar-refractivity contribution in [2.75, 3.05) is 95.4 Å². The Morgan fingerprint density at radius 3 is 1.23 bits per heavy atom. The van der Waals surface area contributed by atoms with Crippen molar-refractivity contribution in [3.05, 3.63) is 73.9 Å². The van der Waals surface area contributed by atoms with E-state index < -0.39 is 140 Å². The highest BCUT2D eigenvalue weighted by atomic mass is 28.4. The van der Waals surface area contributed by atoms with Crippen molar-refractivity contribution in [2.45, 2.75) is 166 Å². The van der Waals surface area contributed by atoms with E-state index in [-0.39, 0.29) is 86.4 Å². The molecule has 2 aliphatic carbocycles. The van der Waals surface area contributed by atoms with E-state index >= 15 is 0 Å². The zero-order valence-corrected chi connectivity index (χ0v) is 61.2. The highest BCUT2D eigenvalue weighted by Crippen LogP contribution is 2.35. The molecule has 1 amide bonds. The van der Waals surface area contributed by atoms with Crippen molar-refractivity contribution >= 4 is 89.5 Å². The standard InChI is InChI=1S/C33H51NO15Si.C26H42O12Si.C7H9NO3/c1-9-28(35)44-17-10-16-34-33(40)49-26-12-11-24(15-18-50(41-6,42-7)43-8)19-27(26)48-30(37)14-13-29(36)47-25(20-45-31(38)22(2)3)21-46-32(39)23(4)5;1-17(2)25(30)35-15-20(16-36-26(31)18(3)4)37-23(28)10-11-24(29)38-22-14-19(8-9-21(22)27)12-13-39(32-5,33-6)34-7;1-2-7(10)11-5-3-4-8-6-9/h9,24-27H,1-2,4,10-21H2,3,5-8H3,(H,34,40);19-22,27H,1,3,8-16H2,2,4-7H3;2H,1,3-5H2. The quantitative estimate of drug-likeness (QED) is 0.0138. The second-order valence-electron chi connectivity index (χ2n) is 22.7. The molecule has 6 unspecified atom stereocenters. The molecule has 564 valence electrons. The molecule has 2 rings (SSSR count). The van der Waals surface area contributed by atoms with E-state index in [1.54, 1.807) is 21.3 Å². The topological polar surface area (TPSA) is 406 Å². The molecular formula is C66H102N2O30Si2. The minimum atomic E-state index is -2.86. The highest BCUT2D eigenvalue weighted by molar-refractivity contribution is 6.60. The third kappa shape index (κ3) is 40.3. The third-order valence-corrected chi connectivity index (χ3v) is 20.2. The molecule has 6 atom stereocenters. The molecule has 32 nitrogen and oxygen atoms in total. The van der Waals surface area contributed by atoms with Crippen LogP contribution in [0.2, 0.25) is 12.1 Å². The maximum atomic E-state index is 13.0. The molecule has 100 heavy (non-hydrogen) atoms. The summed E-state index contributed by atoms with van der Waals surface area (Å²) in [6, 6.07) is 1.11. The average molecular weight is 1460 g/mol. The first-order valence-electron chi connectivity index (χ1n) is 32.0. The van der Waals surface area contributed by atoms with Gasteiger partial charge in [0.15, 0.2) is 12.2 Å². The van der Waals surface area contributed by atoms with Crippen molar-refractivity contribution in [1.29, 1.82) is 0 Å². The smallest absolute Gasteiger partial charge is 0.462 e. The van der Waals surface area contributed by atoms with Gasteiger partial charge in [-0.3, -0.25) is 19.2 Å². The lowest BCUT2D eigenvalue weighted by molar-refractivity contribution is -0.167. The maximum absolute atomic E-state index is 13.0. The summed E-state index contributed by atoms with van der Waals surface area (Å²) in [4.78, 5) is 144. The number of isocyanates is 1. The van der Waals surface area contributed by atoms with Crippen LogP contribution >= 0.6 is 0 Å². The first kappa shape index (κ1) is 91.9. The lowest BCUT2D eigenvalue weighted by Gasteiger charge is -2.36. The van der Waals surface area contributed by atoms with E-state index in [9.17, 15) is 62.6 Å². The number of aliphatic hydroxyl groups excluding tert-OH is 1. The summed E-state index contributed by atoms with van der Waals surface area (Å²) in [7, 11) is 3.61. The number of nitrogens with one attached hydrogen (secondary N) is 1. The summed E-state index contributed by atoms with van der Waals surface area (Å²) in [5.41, 5.74) is 0.522. The molecule has 0 aromatic carbocycles. The molecule has 0 aromatic rings. The molecule has 2 saturated carbocycles. The number of nitrogens with zero attached hydrogens (tertiary/aromatic N) is 1. The normalized spacial score (nSPS) is 16.9. The van der Waals surface area contributed by atoms with Crippen LogP contribution in [0.3, 0.4) is 0 Å². The number of hydrogen-bond acceptors (Lipinski definition) is 31. The van der Waals surface area contributed by atoms with Crippen molar-refractivity contribution in [1.82, 2.24) is 5.32 Å². The number of hydrogen-bond donors (Lipinski definition) is 2. The highest BCUT2D eigenvalue weighted by Gasteiger charge is 2.43. The van der Waals surface area contributed by atoms with Crippen LogP contribution in [0.15, 0.2) is 78.9 Å². The van der Waals surface area contributed by atoms with Gasteiger partial charge in [0.05, 0.1) is 51.5 Å². The molecule has 0 bridgehead atoms. The fourth-order valence-corrected chi connectivity index (χ4v) is 12.8. The van der Waals surface area contributed by atoms with E-state index in [0.29, 0.717) is 70.0 Å². The summed E-state index contributed by atoms with van der Waals surface area (Å²) in [6.45, 7) is 25.5. The van der Waals surface area contributed by atoms with Gasteiger partial charge >= 0.3 is 83.4 Å². The van der Waals surface area contributed by atoms with Gasteiger partial charge in [-0.1, -0.05) is 39.5 Å². The summed E-state index contributed by atoms with van der Waals surface area (Å²) in [5, 5.41) is 12.9. The molecule has 0 saturated heterocycles. The molecule has 0 spiro atoms. The second-order valence-corrected chi connectivity index (χ2v) is 28.9. The predicted octanol–water partition coefficient (Wildman–Crippen LogP) is 5.81. The monoisotopic (exact) mass is 1460 g/mol. The van der Waals surface area contributed by atoms with Gasteiger partial charge in [0.1, 0.15) is 44.7 Å². The molecule has 2 aliphatic rings. The van der Waals surface area contributed by atoms with Crippen LogP contribution in [0.4, 0.5) is 4.79 Å². The van der Waals surface area contributed by atoms with E-state index in [0.717, 1.165) is 25.0 Å². The van der Waals surface area contributed by atoms with Gasteiger partial charge in [-0.05, 0) is 97.3 Å². The zero-order chi connectivity index (χ0) is 75.8. The average Bonchev–Trinajstić information content (AvgIpc) is 0.847. The van der Waals surface area contributed by atoms with Gasteiger partial charge in [0.25, 0.3) is 0 Å². The summed E-state index contributed by atoms with van der Waals surface area (Å²) in [5.74, 6) is -6.68. The Morgan fingerprint density at radius 1 is 0.500 bits per heavy atom. The lowest BCUT2D eigenvalue weighted by atomic mass is 9.83. The van der Waals surface area contributed by atoms with Crippen LogP contribution in [-0.4, -0.2) is 227 Å². The molecule has 0 aliphatic heterocycles. The van der Waals surface area contributed by atoms with Crippen LogP contribution in [-0.2, 0) is 131 Å². The Labute approximate surface area is 586 Å². The minimum Gasteiger partial charge on any atom is -0.462 e. The Balaban J connectivity index is 0.00000173. The number of aliphatic imine (C=N–C) groups is 1. The number of rotatable bonds is 45. The number of alkyl carbamates (subject to hydrolysis) is 1. The molecule has 0 aromatic heterocycles. The van der Waals surface area contributed by atoms with E-state index in [1.165, 1.54) is 55.1 Å². The van der Waals surface area contributed by atoms with Crippen molar-refractivity contribution < 1.29 is 141 Å². The molecule has 34 heteroatoms. The van der Waals surface area contributed by atoms with E-state index in [2.05, 4.69) is 54.5 Å². The zero-order valence-electron chi connectivity index (χ0n) is 59.2. The summed E-state index contributed by atoms with van der Waals surface area (Å²) in [6.07, 6.45) is 1.37. The predicted molar refractivity (Wildman–Crippen MR) is 357 cm³/mol. The van der Waals surface area contributed by atoms with Crippen LogP contribution in [0.1, 0.15) is 118 Å². The van der Waals surface area contributed by atoms with Crippen molar-refractivity contribution in [3.63, 3.8) is 0 Å². The Morgan fingerprint density at radius 2 is 0.860 bits per heavy atom. The van der Waals surface area contributed by atoms with Gasteiger partial charge in [-0.25, -0.2) is 43.3 Å². The fraction of sp³-hybridized carbons (Fsp3) is 0.636. The second kappa shape index (κ2) is 52.0. The fourth-order valence-electron chi connectivity index (χ4n) is 9.01. The molecule has 2 fully saturated rings. The Hall–Kier alpha value is -8.06.